The number of aryl methyl sites for hydroxylation is 1. The van der Waals surface area contributed by atoms with Crippen molar-refractivity contribution < 1.29 is 9.53 Å². The molecule has 1 aliphatic heterocycles. The van der Waals surface area contributed by atoms with E-state index in [2.05, 4.69) is 20.9 Å². The molecule has 0 aliphatic carbocycles. The molecule has 0 bridgehead atoms. The van der Waals surface area contributed by atoms with Crippen molar-refractivity contribution in [2.45, 2.75) is 25.8 Å². The van der Waals surface area contributed by atoms with Gasteiger partial charge in [-0.3, -0.25) is 4.79 Å². The summed E-state index contributed by atoms with van der Waals surface area (Å²) < 4.78 is 7.07. The largest absolute Gasteiger partial charge is 0.495 e. The number of piperidine rings is 1. The van der Waals surface area contributed by atoms with Gasteiger partial charge in [0, 0.05) is 0 Å². The smallest absolute Gasteiger partial charge is 0.277 e. The van der Waals surface area contributed by atoms with Crippen molar-refractivity contribution in [3.63, 3.8) is 0 Å². The standard InChI is InChI=1S/C16H21N5O2.ClH/c1-11-3-4-15(23-2)13(9-11)18-16(22)14-10-21(20-19-14)12-5-7-17-8-6-12;/h3-4,9-10,12,17H,5-8H2,1-2H3,(H,18,22);1H. The molecule has 2 heterocycles. The summed E-state index contributed by atoms with van der Waals surface area (Å²) in [5.74, 6) is 0.337. The van der Waals surface area contributed by atoms with Crippen molar-refractivity contribution in [2.24, 2.45) is 0 Å². The number of aromatic nitrogens is 3. The molecule has 1 aliphatic rings. The monoisotopic (exact) mass is 351 g/mol. The minimum atomic E-state index is -0.283. The number of anilines is 1. The molecule has 130 valence electrons. The van der Waals surface area contributed by atoms with E-state index in [4.69, 9.17) is 4.74 Å². The highest BCUT2D eigenvalue weighted by Gasteiger charge is 2.19. The van der Waals surface area contributed by atoms with Gasteiger partial charge in [0.25, 0.3) is 5.91 Å². The van der Waals surface area contributed by atoms with Crippen molar-refractivity contribution >= 4 is 24.0 Å². The van der Waals surface area contributed by atoms with E-state index in [0.717, 1.165) is 31.5 Å². The van der Waals surface area contributed by atoms with Crippen LogP contribution in [0.4, 0.5) is 5.69 Å². The van der Waals surface area contributed by atoms with Gasteiger partial charge < -0.3 is 15.4 Å². The maximum atomic E-state index is 12.4. The highest BCUT2D eigenvalue weighted by atomic mass is 35.5. The SMILES string of the molecule is COc1ccc(C)cc1NC(=O)c1cn(C2CCNCC2)nn1.Cl. The number of rotatable bonds is 4. The van der Waals surface area contributed by atoms with E-state index in [1.165, 1.54) is 0 Å². The van der Waals surface area contributed by atoms with E-state index in [1.807, 2.05) is 25.1 Å². The lowest BCUT2D eigenvalue weighted by molar-refractivity contribution is 0.102. The van der Waals surface area contributed by atoms with E-state index >= 15 is 0 Å². The van der Waals surface area contributed by atoms with Gasteiger partial charge in [-0.15, -0.1) is 17.5 Å². The third kappa shape index (κ3) is 4.04. The minimum Gasteiger partial charge on any atom is -0.495 e. The summed E-state index contributed by atoms with van der Waals surface area (Å²) in [6, 6.07) is 5.94. The third-order valence-corrected chi connectivity index (χ3v) is 4.03. The van der Waals surface area contributed by atoms with Crippen LogP contribution in [0.5, 0.6) is 5.75 Å². The molecule has 1 aromatic heterocycles. The quantitative estimate of drug-likeness (QED) is 0.882. The molecule has 7 nitrogen and oxygen atoms in total. The molecule has 0 radical (unpaired) electrons. The molecule has 3 rings (SSSR count). The topological polar surface area (TPSA) is 81.1 Å². The highest BCUT2D eigenvalue weighted by Crippen LogP contribution is 2.25. The van der Waals surface area contributed by atoms with Gasteiger partial charge in [-0.1, -0.05) is 11.3 Å². The zero-order chi connectivity index (χ0) is 16.2. The number of carbonyl (C=O) groups is 1. The Bertz CT molecular complexity index is 698. The molecule has 24 heavy (non-hydrogen) atoms. The van der Waals surface area contributed by atoms with Crippen LogP contribution >= 0.6 is 12.4 Å². The van der Waals surface area contributed by atoms with Crippen LogP contribution in [0, 0.1) is 6.92 Å². The molecule has 0 atom stereocenters. The van der Waals surface area contributed by atoms with Crippen molar-refractivity contribution in [3.05, 3.63) is 35.7 Å². The molecule has 1 fully saturated rings. The van der Waals surface area contributed by atoms with Crippen LogP contribution in [0.2, 0.25) is 0 Å². The van der Waals surface area contributed by atoms with Gasteiger partial charge in [0.2, 0.25) is 0 Å². The van der Waals surface area contributed by atoms with Crippen molar-refractivity contribution in [1.29, 1.82) is 0 Å². The van der Waals surface area contributed by atoms with Gasteiger partial charge in [0.15, 0.2) is 5.69 Å². The highest BCUT2D eigenvalue weighted by molar-refractivity contribution is 6.03. The summed E-state index contributed by atoms with van der Waals surface area (Å²) in [5.41, 5.74) is 1.99. The van der Waals surface area contributed by atoms with Crippen LogP contribution in [0.3, 0.4) is 0 Å². The second kappa shape index (κ2) is 8.12. The van der Waals surface area contributed by atoms with Crippen LogP contribution in [0.25, 0.3) is 0 Å². The summed E-state index contributed by atoms with van der Waals surface area (Å²) >= 11 is 0. The first-order valence-corrected chi connectivity index (χ1v) is 7.76. The van der Waals surface area contributed by atoms with Crippen molar-refractivity contribution in [3.8, 4) is 5.75 Å². The van der Waals surface area contributed by atoms with Crippen molar-refractivity contribution in [1.82, 2.24) is 20.3 Å². The van der Waals surface area contributed by atoms with Gasteiger partial charge >= 0.3 is 0 Å². The summed E-state index contributed by atoms with van der Waals surface area (Å²) in [7, 11) is 1.58. The lowest BCUT2D eigenvalue weighted by Gasteiger charge is -2.22. The number of ether oxygens (including phenoxy) is 1. The normalized spacial score (nSPS) is 14.8. The average Bonchev–Trinajstić information content (AvgIpc) is 3.06. The van der Waals surface area contributed by atoms with Gasteiger partial charge in [-0.25, -0.2) is 4.68 Å². The molecular formula is C16H22ClN5O2. The number of halogens is 1. The average molecular weight is 352 g/mol. The number of carbonyl (C=O) groups excluding carboxylic acids is 1. The Kier molecular flexibility index (Phi) is 6.16. The van der Waals surface area contributed by atoms with Crippen LogP contribution < -0.4 is 15.4 Å². The molecule has 1 aromatic carbocycles. The predicted octanol–water partition coefficient (Wildman–Crippen LogP) is 2.19. The maximum absolute atomic E-state index is 12.4. The number of hydrogen-bond donors (Lipinski definition) is 2. The van der Waals surface area contributed by atoms with E-state index in [1.54, 1.807) is 18.0 Å². The van der Waals surface area contributed by atoms with Gasteiger partial charge in [-0.05, 0) is 50.6 Å². The fourth-order valence-corrected chi connectivity index (χ4v) is 2.74. The Morgan fingerprint density at radius 2 is 2.12 bits per heavy atom. The van der Waals surface area contributed by atoms with E-state index in [9.17, 15) is 4.79 Å². The molecule has 0 spiro atoms. The zero-order valence-electron chi connectivity index (χ0n) is 13.8. The number of nitrogens with zero attached hydrogens (tertiary/aromatic N) is 3. The van der Waals surface area contributed by atoms with Crippen LogP contribution in [-0.2, 0) is 0 Å². The zero-order valence-corrected chi connectivity index (χ0v) is 14.6. The number of methoxy groups -OCH3 is 1. The fraction of sp³-hybridized carbons (Fsp3) is 0.438. The Morgan fingerprint density at radius 3 is 2.83 bits per heavy atom. The Hall–Kier alpha value is -2.12. The Morgan fingerprint density at radius 1 is 1.38 bits per heavy atom. The second-order valence-electron chi connectivity index (χ2n) is 5.72. The minimum absolute atomic E-state index is 0. The lowest BCUT2D eigenvalue weighted by atomic mass is 10.1. The van der Waals surface area contributed by atoms with Gasteiger partial charge in [0.05, 0.1) is 25.0 Å². The predicted molar refractivity (Wildman–Crippen MR) is 94.1 cm³/mol. The molecule has 2 N–H and O–H groups in total. The molecular weight excluding hydrogens is 330 g/mol. The molecule has 2 aromatic rings. The molecule has 0 saturated carbocycles. The Balaban J connectivity index is 0.00000208. The first-order valence-electron chi connectivity index (χ1n) is 7.76. The first kappa shape index (κ1) is 18.2. The van der Waals surface area contributed by atoms with Crippen LogP contribution in [0.1, 0.15) is 34.9 Å². The number of benzene rings is 1. The fourth-order valence-electron chi connectivity index (χ4n) is 2.74. The molecule has 0 unspecified atom stereocenters. The summed E-state index contributed by atoms with van der Waals surface area (Å²) in [6.45, 7) is 3.89. The van der Waals surface area contributed by atoms with Crippen molar-refractivity contribution in [2.75, 3.05) is 25.5 Å². The number of amides is 1. The summed E-state index contributed by atoms with van der Waals surface area (Å²) in [5, 5.41) is 14.3. The maximum Gasteiger partial charge on any atom is 0.277 e. The number of nitrogens with one attached hydrogen (secondary N) is 2. The first-order chi connectivity index (χ1) is 11.2. The van der Waals surface area contributed by atoms with Gasteiger partial charge in [0.1, 0.15) is 5.75 Å². The summed E-state index contributed by atoms with van der Waals surface area (Å²) in [6.07, 6.45) is 3.71. The van der Waals surface area contributed by atoms with Crippen LogP contribution in [0.15, 0.2) is 24.4 Å². The molecule has 1 amide bonds. The molecule has 1 saturated heterocycles. The third-order valence-electron chi connectivity index (χ3n) is 4.03. The lowest BCUT2D eigenvalue weighted by Crippen LogP contribution is -2.29. The summed E-state index contributed by atoms with van der Waals surface area (Å²) in [4.78, 5) is 12.4. The second-order valence-corrected chi connectivity index (χ2v) is 5.72. The van der Waals surface area contributed by atoms with Crippen LogP contribution in [-0.4, -0.2) is 41.1 Å². The molecule has 8 heteroatoms. The van der Waals surface area contributed by atoms with E-state index in [0.29, 0.717) is 23.2 Å². The van der Waals surface area contributed by atoms with Gasteiger partial charge in [-0.2, -0.15) is 0 Å². The van der Waals surface area contributed by atoms with E-state index < -0.39 is 0 Å². The van der Waals surface area contributed by atoms with E-state index in [-0.39, 0.29) is 18.3 Å². The number of hydrogen-bond acceptors (Lipinski definition) is 5. The Labute approximate surface area is 147 Å².